The number of fused-ring (bicyclic) bond motifs is 1. The van der Waals surface area contributed by atoms with Gasteiger partial charge in [-0.05, 0) is 24.3 Å². The van der Waals surface area contributed by atoms with E-state index in [4.69, 9.17) is 5.14 Å². The van der Waals surface area contributed by atoms with Crippen LogP contribution in [0.2, 0.25) is 0 Å². The SMILES string of the molecule is NS(=O)(=O)c1ccc(-n2ncc3c(=O)[nH]c(-c4ccccc4)nc32)cc1. The number of hydrogen-bond acceptors (Lipinski definition) is 5. The van der Waals surface area contributed by atoms with Crippen molar-refractivity contribution >= 4 is 21.1 Å². The maximum atomic E-state index is 12.4. The zero-order valence-corrected chi connectivity index (χ0v) is 14.1. The van der Waals surface area contributed by atoms with Crippen LogP contribution in [0.3, 0.4) is 0 Å². The first kappa shape index (κ1) is 16.2. The molecule has 130 valence electrons. The van der Waals surface area contributed by atoms with Crippen LogP contribution in [0.25, 0.3) is 28.1 Å². The molecule has 0 aliphatic heterocycles. The average molecular weight is 367 g/mol. The zero-order chi connectivity index (χ0) is 18.3. The molecule has 0 amide bonds. The quantitative estimate of drug-likeness (QED) is 0.567. The fraction of sp³-hybridized carbons (Fsp3) is 0. The van der Waals surface area contributed by atoms with E-state index >= 15 is 0 Å². The van der Waals surface area contributed by atoms with Gasteiger partial charge in [0, 0.05) is 5.56 Å². The van der Waals surface area contributed by atoms with Gasteiger partial charge in [-0.25, -0.2) is 23.2 Å². The third-order valence-corrected chi connectivity index (χ3v) is 4.82. The minimum absolute atomic E-state index is 0.00603. The van der Waals surface area contributed by atoms with Gasteiger partial charge in [-0.15, -0.1) is 0 Å². The number of nitrogens with zero attached hydrogens (tertiary/aromatic N) is 3. The normalized spacial score (nSPS) is 11.7. The van der Waals surface area contributed by atoms with Crippen LogP contribution in [0.1, 0.15) is 0 Å². The van der Waals surface area contributed by atoms with Crippen LogP contribution >= 0.6 is 0 Å². The second-order valence-corrected chi connectivity index (χ2v) is 7.17. The molecule has 0 saturated carbocycles. The van der Waals surface area contributed by atoms with E-state index in [-0.39, 0.29) is 10.5 Å². The third-order valence-electron chi connectivity index (χ3n) is 3.90. The fourth-order valence-electron chi connectivity index (χ4n) is 2.62. The minimum Gasteiger partial charge on any atom is -0.306 e. The summed E-state index contributed by atoms with van der Waals surface area (Å²) in [6.45, 7) is 0. The third kappa shape index (κ3) is 2.79. The molecule has 2 aromatic carbocycles. The molecule has 0 fully saturated rings. The van der Waals surface area contributed by atoms with Crippen molar-refractivity contribution in [2.45, 2.75) is 4.90 Å². The van der Waals surface area contributed by atoms with Crippen LogP contribution in [-0.2, 0) is 10.0 Å². The molecule has 2 aromatic heterocycles. The van der Waals surface area contributed by atoms with Crippen LogP contribution in [0.15, 0.2) is 70.5 Å². The number of rotatable bonds is 3. The molecule has 0 aliphatic carbocycles. The van der Waals surface area contributed by atoms with E-state index in [2.05, 4.69) is 15.1 Å². The van der Waals surface area contributed by atoms with Crippen molar-refractivity contribution in [2.75, 3.05) is 0 Å². The number of aromatic amines is 1. The smallest absolute Gasteiger partial charge is 0.262 e. The summed E-state index contributed by atoms with van der Waals surface area (Å²) in [6, 6.07) is 15.1. The van der Waals surface area contributed by atoms with E-state index in [1.54, 1.807) is 12.1 Å². The van der Waals surface area contributed by atoms with E-state index in [0.29, 0.717) is 22.5 Å². The van der Waals surface area contributed by atoms with Gasteiger partial charge in [0.2, 0.25) is 10.0 Å². The van der Waals surface area contributed by atoms with Gasteiger partial charge in [0.05, 0.1) is 16.8 Å². The summed E-state index contributed by atoms with van der Waals surface area (Å²) in [5, 5.41) is 9.65. The van der Waals surface area contributed by atoms with E-state index in [1.807, 2.05) is 30.3 Å². The Hall–Kier alpha value is -3.30. The Balaban J connectivity index is 1.89. The molecule has 0 atom stereocenters. The van der Waals surface area contributed by atoms with E-state index < -0.39 is 10.0 Å². The molecule has 3 N–H and O–H groups in total. The van der Waals surface area contributed by atoms with Crippen molar-refractivity contribution in [1.82, 2.24) is 19.7 Å². The topological polar surface area (TPSA) is 124 Å². The maximum Gasteiger partial charge on any atom is 0.262 e. The minimum atomic E-state index is -3.78. The monoisotopic (exact) mass is 367 g/mol. The van der Waals surface area contributed by atoms with Gasteiger partial charge in [-0.3, -0.25) is 4.79 Å². The number of primary sulfonamides is 1. The molecule has 0 saturated heterocycles. The van der Waals surface area contributed by atoms with Crippen LogP contribution in [0, 0.1) is 0 Å². The van der Waals surface area contributed by atoms with Crippen LogP contribution in [0.5, 0.6) is 0 Å². The highest BCUT2D eigenvalue weighted by molar-refractivity contribution is 7.89. The summed E-state index contributed by atoms with van der Waals surface area (Å²) in [4.78, 5) is 19.6. The van der Waals surface area contributed by atoms with Gasteiger partial charge in [0.25, 0.3) is 5.56 Å². The zero-order valence-electron chi connectivity index (χ0n) is 13.3. The highest BCUT2D eigenvalue weighted by Crippen LogP contribution is 2.19. The van der Waals surface area contributed by atoms with Gasteiger partial charge >= 0.3 is 0 Å². The first-order valence-corrected chi connectivity index (χ1v) is 9.15. The Morgan fingerprint density at radius 2 is 1.69 bits per heavy atom. The van der Waals surface area contributed by atoms with E-state index in [0.717, 1.165) is 5.56 Å². The molecule has 2 heterocycles. The number of hydrogen-bond donors (Lipinski definition) is 2. The van der Waals surface area contributed by atoms with Gasteiger partial charge < -0.3 is 4.98 Å². The molecule has 4 aromatic rings. The fourth-order valence-corrected chi connectivity index (χ4v) is 3.13. The molecular weight excluding hydrogens is 354 g/mol. The first-order valence-electron chi connectivity index (χ1n) is 7.60. The summed E-state index contributed by atoms with van der Waals surface area (Å²) in [7, 11) is -3.78. The lowest BCUT2D eigenvalue weighted by atomic mass is 10.2. The lowest BCUT2D eigenvalue weighted by molar-refractivity contribution is 0.598. The Kier molecular flexibility index (Phi) is 3.67. The molecule has 0 spiro atoms. The number of benzene rings is 2. The summed E-state index contributed by atoms with van der Waals surface area (Å²) < 4.78 is 24.2. The molecule has 26 heavy (non-hydrogen) atoms. The Morgan fingerprint density at radius 1 is 1.00 bits per heavy atom. The van der Waals surface area contributed by atoms with Gasteiger partial charge in [-0.1, -0.05) is 30.3 Å². The summed E-state index contributed by atoms with van der Waals surface area (Å²) in [5.74, 6) is 0.422. The molecule has 0 aliphatic rings. The van der Waals surface area contributed by atoms with Crippen molar-refractivity contribution < 1.29 is 8.42 Å². The lowest BCUT2D eigenvalue weighted by Gasteiger charge is -2.06. The molecule has 0 unspecified atom stereocenters. The molecule has 0 bridgehead atoms. The Morgan fingerprint density at radius 3 is 2.35 bits per heavy atom. The van der Waals surface area contributed by atoms with Crippen LogP contribution in [0.4, 0.5) is 0 Å². The van der Waals surface area contributed by atoms with E-state index in [9.17, 15) is 13.2 Å². The second-order valence-electron chi connectivity index (χ2n) is 5.61. The number of H-pyrrole nitrogens is 1. The second kappa shape index (κ2) is 5.90. The predicted octanol–water partition coefficient (Wildman–Crippen LogP) is 1.42. The molecule has 0 radical (unpaired) electrons. The first-order chi connectivity index (χ1) is 12.4. The standard InChI is InChI=1S/C17H13N5O3S/c18-26(24,25)13-8-6-12(7-9-13)22-16-14(10-19-22)17(23)21-15(20-16)11-4-2-1-3-5-11/h1-10H,(H2,18,24,25)(H,20,21,23). The highest BCUT2D eigenvalue weighted by Gasteiger charge is 2.13. The van der Waals surface area contributed by atoms with Crippen molar-refractivity contribution in [1.29, 1.82) is 0 Å². The number of aromatic nitrogens is 4. The number of nitrogens with one attached hydrogen (secondary N) is 1. The predicted molar refractivity (Wildman–Crippen MR) is 96.3 cm³/mol. The van der Waals surface area contributed by atoms with E-state index in [1.165, 1.54) is 23.0 Å². The van der Waals surface area contributed by atoms with Crippen molar-refractivity contribution in [2.24, 2.45) is 5.14 Å². The van der Waals surface area contributed by atoms with Crippen molar-refractivity contribution in [3.05, 3.63) is 71.1 Å². The van der Waals surface area contributed by atoms with Crippen LogP contribution < -0.4 is 10.7 Å². The molecule has 9 heteroatoms. The average Bonchev–Trinajstić information content (AvgIpc) is 3.06. The maximum absolute atomic E-state index is 12.4. The number of sulfonamides is 1. The Bertz CT molecular complexity index is 1260. The molecule has 4 rings (SSSR count). The van der Waals surface area contributed by atoms with Gasteiger partial charge in [0.15, 0.2) is 5.65 Å². The summed E-state index contributed by atoms with van der Waals surface area (Å²) >= 11 is 0. The number of nitrogens with two attached hydrogens (primary N) is 1. The Labute approximate surface area is 148 Å². The largest absolute Gasteiger partial charge is 0.306 e. The molecule has 8 nitrogen and oxygen atoms in total. The summed E-state index contributed by atoms with van der Waals surface area (Å²) in [5.41, 5.74) is 1.39. The van der Waals surface area contributed by atoms with Gasteiger partial charge in [-0.2, -0.15) is 5.10 Å². The van der Waals surface area contributed by atoms with Crippen LogP contribution in [-0.4, -0.2) is 28.2 Å². The lowest BCUT2D eigenvalue weighted by Crippen LogP contribution is -2.12. The summed E-state index contributed by atoms with van der Waals surface area (Å²) in [6.07, 6.45) is 1.42. The molecular formula is C17H13N5O3S. The highest BCUT2D eigenvalue weighted by atomic mass is 32.2. The van der Waals surface area contributed by atoms with Crippen molar-refractivity contribution in [3.8, 4) is 17.1 Å². The van der Waals surface area contributed by atoms with Crippen molar-refractivity contribution in [3.63, 3.8) is 0 Å². The van der Waals surface area contributed by atoms with Gasteiger partial charge in [0.1, 0.15) is 11.2 Å².